The summed E-state index contributed by atoms with van der Waals surface area (Å²) in [6.45, 7) is 1.72. The van der Waals surface area contributed by atoms with Crippen molar-refractivity contribution in [1.82, 2.24) is 5.32 Å². The zero-order chi connectivity index (χ0) is 18.4. The zero-order valence-electron chi connectivity index (χ0n) is 14.8. The van der Waals surface area contributed by atoms with Crippen molar-refractivity contribution in [2.45, 2.75) is 6.42 Å². The summed E-state index contributed by atoms with van der Waals surface area (Å²) in [6.07, 6.45) is 0.875. The van der Waals surface area contributed by atoms with Gasteiger partial charge in [-0.05, 0) is 30.2 Å². The fourth-order valence-corrected chi connectivity index (χ4v) is 3.06. The highest BCUT2D eigenvalue weighted by Gasteiger charge is 2.24. The Morgan fingerprint density at radius 2 is 1.88 bits per heavy atom. The summed E-state index contributed by atoms with van der Waals surface area (Å²) in [6, 6.07) is 15.1. The van der Waals surface area contributed by atoms with Crippen LogP contribution in [0, 0.1) is 0 Å². The Morgan fingerprint density at radius 1 is 1.12 bits per heavy atom. The number of rotatable bonds is 7. The fourth-order valence-electron chi connectivity index (χ4n) is 3.06. The van der Waals surface area contributed by atoms with Gasteiger partial charge >= 0.3 is 0 Å². The Kier molecular flexibility index (Phi) is 5.86. The Balaban J connectivity index is 1.63. The minimum absolute atomic E-state index is 0.00968. The molecule has 0 radical (unpaired) electrons. The topological polar surface area (TPSA) is 70.7 Å². The maximum atomic E-state index is 12.6. The number of anilines is 2. The Bertz CT molecular complexity index is 791. The van der Waals surface area contributed by atoms with Crippen LogP contribution >= 0.6 is 0 Å². The number of nitrogens with zero attached hydrogens (tertiary/aromatic N) is 1. The van der Waals surface area contributed by atoms with Crippen LogP contribution in [0.15, 0.2) is 48.5 Å². The molecule has 0 saturated heterocycles. The molecule has 26 heavy (non-hydrogen) atoms. The summed E-state index contributed by atoms with van der Waals surface area (Å²) < 4.78 is 4.94. The number of benzene rings is 2. The molecule has 0 fully saturated rings. The first kappa shape index (κ1) is 17.9. The number of amides is 2. The first-order valence-electron chi connectivity index (χ1n) is 8.69. The van der Waals surface area contributed by atoms with E-state index in [9.17, 15) is 9.59 Å². The molecule has 0 saturated carbocycles. The highest BCUT2D eigenvalue weighted by atomic mass is 16.5. The van der Waals surface area contributed by atoms with Crippen LogP contribution in [0.5, 0.6) is 0 Å². The van der Waals surface area contributed by atoms with Crippen LogP contribution in [-0.2, 0) is 16.0 Å². The summed E-state index contributed by atoms with van der Waals surface area (Å²) in [4.78, 5) is 26.7. The molecular weight excluding hydrogens is 330 g/mol. The second-order valence-corrected chi connectivity index (χ2v) is 6.07. The smallest absolute Gasteiger partial charge is 0.253 e. The monoisotopic (exact) mass is 353 g/mol. The van der Waals surface area contributed by atoms with Crippen LogP contribution in [0.1, 0.15) is 15.9 Å². The predicted molar refractivity (Wildman–Crippen MR) is 102 cm³/mol. The molecule has 2 N–H and O–H groups in total. The molecule has 0 unspecified atom stereocenters. The number of ether oxygens (including phenoxy) is 1. The van der Waals surface area contributed by atoms with Gasteiger partial charge in [-0.2, -0.15) is 0 Å². The molecule has 0 spiro atoms. The lowest BCUT2D eigenvalue weighted by Gasteiger charge is -2.19. The first-order valence-corrected chi connectivity index (χ1v) is 8.69. The van der Waals surface area contributed by atoms with Crippen molar-refractivity contribution in [3.05, 3.63) is 59.7 Å². The number of fused-ring (bicyclic) bond motifs is 1. The van der Waals surface area contributed by atoms with Gasteiger partial charge in [-0.3, -0.25) is 9.59 Å². The van der Waals surface area contributed by atoms with Crippen LogP contribution in [0.25, 0.3) is 0 Å². The molecule has 0 aromatic heterocycles. The Morgan fingerprint density at radius 3 is 2.73 bits per heavy atom. The average molecular weight is 353 g/mol. The lowest BCUT2D eigenvalue weighted by Crippen LogP contribution is -2.34. The standard InChI is InChI=1S/C20H23N3O3/c1-26-13-11-21-20(25)16-7-3-4-8-17(16)22-14-19(24)23-12-10-15-6-2-5-9-18(15)23/h2-9,22H,10-14H2,1H3,(H,21,25). The predicted octanol–water partition coefficient (Wildman–Crippen LogP) is 2.06. The third-order valence-corrected chi connectivity index (χ3v) is 4.38. The molecule has 2 aromatic carbocycles. The van der Waals surface area contributed by atoms with Crippen molar-refractivity contribution in [3.8, 4) is 0 Å². The summed E-state index contributed by atoms with van der Waals surface area (Å²) in [7, 11) is 1.59. The van der Waals surface area contributed by atoms with E-state index < -0.39 is 0 Å². The van der Waals surface area contributed by atoms with Gasteiger partial charge < -0.3 is 20.3 Å². The van der Waals surface area contributed by atoms with Gasteiger partial charge in [0.2, 0.25) is 5.91 Å². The molecule has 1 aliphatic rings. The van der Waals surface area contributed by atoms with E-state index in [1.165, 1.54) is 5.56 Å². The van der Waals surface area contributed by atoms with E-state index >= 15 is 0 Å². The highest BCUT2D eigenvalue weighted by Crippen LogP contribution is 2.27. The number of methoxy groups -OCH3 is 1. The average Bonchev–Trinajstić information content (AvgIpc) is 3.10. The van der Waals surface area contributed by atoms with Crippen LogP contribution < -0.4 is 15.5 Å². The van der Waals surface area contributed by atoms with Gasteiger partial charge in [-0.15, -0.1) is 0 Å². The SMILES string of the molecule is COCCNC(=O)c1ccccc1NCC(=O)N1CCc2ccccc21. The number of carbonyl (C=O) groups excluding carboxylic acids is 2. The second kappa shape index (κ2) is 8.49. The first-order chi connectivity index (χ1) is 12.7. The van der Waals surface area contributed by atoms with Crippen molar-refractivity contribution in [3.63, 3.8) is 0 Å². The zero-order valence-corrected chi connectivity index (χ0v) is 14.8. The molecule has 0 aliphatic carbocycles. The van der Waals surface area contributed by atoms with Gasteiger partial charge in [0.05, 0.1) is 18.7 Å². The van der Waals surface area contributed by atoms with E-state index in [-0.39, 0.29) is 18.4 Å². The minimum atomic E-state index is -0.191. The summed E-state index contributed by atoms with van der Waals surface area (Å²) in [5.74, 6) is -0.200. The van der Waals surface area contributed by atoms with Gasteiger partial charge in [-0.25, -0.2) is 0 Å². The molecular formula is C20H23N3O3. The maximum absolute atomic E-state index is 12.6. The molecule has 136 valence electrons. The molecule has 1 aliphatic heterocycles. The molecule has 1 heterocycles. The molecule has 0 bridgehead atoms. The number of carbonyl (C=O) groups is 2. The van der Waals surface area contributed by atoms with Gasteiger partial charge in [0.15, 0.2) is 0 Å². The minimum Gasteiger partial charge on any atom is -0.383 e. The Hall–Kier alpha value is -2.86. The summed E-state index contributed by atoms with van der Waals surface area (Å²) >= 11 is 0. The van der Waals surface area contributed by atoms with Crippen molar-refractivity contribution in [1.29, 1.82) is 0 Å². The van der Waals surface area contributed by atoms with Crippen LogP contribution in [0.3, 0.4) is 0 Å². The second-order valence-electron chi connectivity index (χ2n) is 6.07. The van der Waals surface area contributed by atoms with E-state index in [0.29, 0.717) is 30.9 Å². The van der Waals surface area contributed by atoms with E-state index in [4.69, 9.17) is 4.74 Å². The number of hydrogen-bond acceptors (Lipinski definition) is 4. The van der Waals surface area contributed by atoms with Crippen molar-refractivity contribution in [2.75, 3.05) is 43.6 Å². The lowest BCUT2D eigenvalue weighted by molar-refractivity contribution is -0.116. The van der Waals surface area contributed by atoms with Crippen molar-refractivity contribution in [2.24, 2.45) is 0 Å². The summed E-state index contributed by atoms with van der Waals surface area (Å²) in [5.41, 5.74) is 3.32. The van der Waals surface area contributed by atoms with Gasteiger partial charge in [0.1, 0.15) is 0 Å². The molecule has 3 rings (SSSR count). The quantitative estimate of drug-likeness (QED) is 0.748. The van der Waals surface area contributed by atoms with E-state index in [2.05, 4.69) is 16.7 Å². The van der Waals surface area contributed by atoms with Gasteiger partial charge in [-0.1, -0.05) is 30.3 Å². The lowest BCUT2D eigenvalue weighted by atomic mass is 10.1. The molecule has 6 heteroatoms. The highest BCUT2D eigenvalue weighted by molar-refractivity contribution is 6.01. The van der Waals surface area contributed by atoms with E-state index in [1.807, 2.05) is 24.3 Å². The summed E-state index contributed by atoms with van der Waals surface area (Å²) in [5, 5.41) is 5.91. The van der Waals surface area contributed by atoms with Crippen LogP contribution in [0.4, 0.5) is 11.4 Å². The molecule has 2 aromatic rings. The molecule has 2 amide bonds. The van der Waals surface area contributed by atoms with E-state index in [0.717, 1.165) is 12.1 Å². The van der Waals surface area contributed by atoms with E-state index in [1.54, 1.807) is 30.2 Å². The van der Waals surface area contributed by atoms with Crippen molar-refractivity contribution >= 4 is 23.2 Å². The number of nitrogens with one attached hydrogen (secondary N) is 2. The van der Waals surface area contributed by atoms with Gasteiger partial charge in [0, 0.05) is 31.6 Å². The Labute approximate surface area is 153 Å². The van der Waals surface area contributed by atoms with Crippen molar-refractivity contribution < 1.29 is 14.3 Å². The number of hydrogen-bond donors (Lipinski definition) is 2. The molecule has 0 atom stereocenters. The largest absolute Gasteiger partial charge is 0.383 e. The van der Waals surface area contributed by atoms with Crippen LogP contribution in [0.2, 0.25) is 0 Å². The third kappa shape index (κ3) is 4.03. The van der Waals surface area contributed by atoms with Gasteiger partial charge in [0.25, 0.3) is 5.91 Å². The maximum Gasteiger partial charge on any atom is 0.253 e. The normalized spacial score (nSPS) is 12.6. The molecule has 6 nitrogen and oxygen atoms in total. The number of para-hydroxylation sites is 2. The third-order valence-electron chi connectivity index (χ3n) is 4.38. The van der Waals surface area contributed by atoms with Crippen LogP contribution in [-0.4, -0.2) is 45.2 Å². The fraction of sp³-hybridized carbons (Fsp3) is 0.300.